The number of carbonyl (C=O) groups excluding carboxylic acids is 1. The highest BCUT2D eigenvalue weighted by Gasteiger charge is 2.06. The first-order valence-corrected chi connectivity index (χ1v) is 4.66. The van der Waals surface area contributed by atoms with Gasteiger partial charge in [0.25, 0.3) is 0 Å². The maximum absolute atomic E-state index is 12.9. The SMILES string of the molecule is Cc1ccc(F)cc1C(=O)/C=C/N(C)C. The molecule has 0 aliphatic rings. The zero-order valence-corrected chi connectivity index (χ0v) is 9.12. The molecule has 2 nitrogen and oxygen atoms in total. The standard InChI is InChI=1S/C12H14FNO/c1-9-4-5-10(13)8-11(9)12(15)6-7-14(2)3/h4-8H,1-3H3/b7-6+. The first-order valence-electron chi connectivity index (χ1n) is 4.66. The Morgan fingerprint density at radius 1 is 1.40 bits per heavy atom. The van der Waals surface area contributed by atoms with Gasteiger partial charge in [-0.1, -0.05) is 6.07 Å². The predicted octanol–water partition coefficient (Wildman–Crippen LogP) is 2.39. The van der Waals surface area contributed by atoms with E-state index in [1.807, 2.05) is 14.1 Å². The van der Waals surface area contributed by atoms with Crippen molar-refractivity contribution in [3.63, 3.8) is 0 Å². The number of aryl methyl sites for hydroxylation is 1. The van der Waals surface area contributed by atoms with E-state index in [1.165, 1.54) is 18.2 Å². The van der Waals surface area contributed by atoms with E-state index < -0.39 is 0 Å². The number of allylic oxidation sites excluding steroid dienone is 1. The maximum Gasteiger partial charge on any atom is 0.187 e. The van der Waals surface area contributed by atoms with E-state index >= 15 is 0 Å². The third-order valence-electron chi connectivity index (χ3n) is 1.99. The Bertz CT molecular complexity index is 397. The zero-order chi connectivity index (χ0) is 11.4. The molecule has 3 heteroatoms. The molecule has 1 aromatic rings. The normalized spacial score (nSPS) is 10.7. The molecule has 0 heterocycles. The maximum atomic E-state index is 12.9. The Morgan fingerprint density at radius 3 is 2.67 bits per heavy atom. The van der Waals surface area contributed by atoms with Gasteiger partial charge in [0.2, 0.25) is 0 Å². The molecular formula is C12H14FNO. The topological polar surface area (TPSA) is 20.3 Å². The summed E-state index contributed by atoms with van der Waals surface area (Å²) in [5.41, 5.74) is 1.19. The van der Waals surface area contributed by atoms with E-state index in [-0.39, 0.29) is 11.6 Å². The van der Waals surface area contributed by atoms with Crippen LogP contribution in [0.3, 0.4) is 0 Å². The van der Waals surface area contributed by atoms with Crippen LogP contribution in [-0.4, -0.2) is 24.8 Å². The van der Waals surface area contributed by atoms with Gasteiger partial charge in [0.1, 0.15) is 5.82 Å². The third-order valence-corrected chi connectivity index (χ3v) is 1.99. The van der Waals surface area contributed by atoms with Crippen molar-refractivity contribution in [3.8, 4) is 0 Å². The molecule has 1 aromatic carbocycles. The highest BCUT2D eigenvalue weighted by molar-refractivity contribution is 6.05. The van der Waals surface area contributed by atoms with Crippen LogP contribution < -0.4 is 0 Å². The van der Waals surface area contributed by atoms with E-state index in [4.69, 9.17) is 0 Å². The van der Waals surface area contributed by atoms with Crippen LogP contribution in [0.15, 0.2) is 30.5 Å². The van der Waals surface area contributed by atoms with E-state index in [2.05, 4.69) is 0 Å². The number of ketones is 1. The first-order chi connectivity index (χ1) is 7.00. The van der Waals surface area contributed by atoms with Gasteiger partial charge in [0.15, 0.2) is 5.78 Å². The van der Waals surface area contributed by atoms with Gasteiger partial charge in [0.05, 0.1) is 0 Å². The zero-order valence-electron chi connectivity index (χ0n) is 9.12. The minimum Gasteiger partial charge on any atom is -0.383 e. The Labute approximate surface area is 89.0 Å². The fourth-order valence-corrected chi connectivity index (χ4v) is 1.17. The fraction of sp³-hybridized carbons (Fsp3) is 0.250. The second-order valence-corrected chi connectivity index (χ2v) is 3.60. The smallest absolute Gasteiger partial charge is 0.187 e. The number of rotatable bonds is 3. The molecule has 0 fully saturated rings. The average molecular weight is 207 g/mol. The lowest BCUT2D eigenvalue weighted by Crippen LogP contribution is -2.04. The summed E-state index contributed by atoms with van der Waals surface area (Å²) in [6, 6.07) is 4.21. The lowest BCUT2D eigenvalue weighted by Gasteiger charge is -2.04. The third kappa shape index (κ3) is 3.20. The van der Waals surface area contributed by atoms with Gasteiger partial charge < -0.3 is 4.90 Å². The Balaban J connectivity index is 2.96. The van der Waals surface area contributed by atoms with Crippen molar-refractivity contribution < 1.29 is 9.18 Å². The Hall–Kier alpha value is -1.64. The van der Waals surface area contributed by atoms with Crippen molar-refractivity contribution in [2.45, 2.75) is 6.92 Å². The quantitative estimate of drug-likeness (QED) is 0.560. The van der Waals surface area contributed by atoms with E-state index in [9.17, 15) is 9.18 Å². The van der Waals surface area contributed by atoms with Crippen molar-refractivity contribution in [2.75, 3.05) is 14.1 Å². The van der Waals surface area contributed by atoms with Crippen LogP contribution in [0.5, 0.6) is 0 Å². The number of hydrogen-bond acceptors (Lipinski definition) is 2. The van der Waals surface area contributed by atoms with Gasteiger partial charge in [-0.2, -0.15) is 0 Å². The van der Waals surface area contributed by atoms with Crippen molar-refractivity contribution in [1.82, 2.24) is 4.90 Å². The fourth-order valence-electron chi connectivity index (χ4n) is 1.17. The lowest BCUT2D eigenvalue weighted by molar-refractivity contribution is 0.104. The molecular weight excluding hydrogens is 193 g/mol. The molecule has 80 valence electrons. The molecule has 0 saturated carbocycles. The van der Waals surface area contributed by atoms with Crippen molar-refractivity contribution in [2.24, 2.45) is 0 Å². The van der Waals surface area contributed by atoms with E-state index in [0.29, 0.717) is 5.56 Å². The largest absolute Gasteiger partial charge is 0.383 e. The van der Waals surface area contributed by atoms with Crippen LogP contribution in [0.25, 0.3) is 0 Å². The number of nitrogens with zero attached hydrogens (tertiary/aromatic N) is 1. The lowest BCUT2D eigenvalue weighted by atomic mass is 10.0. The summed E-state index contributed by atoms with van der Waals surface area (Å²) in [6.45, 7) is 1.79. The minimum atomic E-state index is -0.387. The van der Waals surface area contributed by atoms with E-state index in [0.717, 1.165) is 5.56 Å². The molecule has 0 spiro atoms. The Morgan fingerprint density at radius 2 is 2.07 bits per heavy atom. The molecule has 15 heavy (non-hydrogen) atoms. The van der Waals surface area contributed by atoms with E-state index in [1.54, 1.807) is 24.1 Å². The summed E-state index contributed by atoms with van der Waals surface area (Å²) >= 11 is 0. The van der Waals surface area contributed by atoms with Crippen LogP contribution in [-0.2, 0) is 0 Å². The molecule has 0 amide bonds. The molecule has 0 unspecified atom stereocenters. The summed E-state index contributed by atoms with van der Waals surface area (Å²) in [6.07, 6.45) is 3.08. The molecule has 0 bridgehead atoms. The van der Waals surface area contributed by atoms with Crippen LogP contribution in [0.2, 0.25) is 0 Å². The Kier molecular flexibility index (Phi) is 3.61. The van der Waals surface area contributed by atoms with Crippen molar-refractivity contribution in [1.29, 1.82) is 0 Å². The van der Waals surface area contributed by atoms with Crippen molar-refractivity contribution >= 4 is 5.78 Å². The minimum absolute atomic E-state index is 0.180. The predicted molar refractivity (Wildman–Crippen MR) is 58.3 cm³/mol. The number of halogens is 1. The van der Waals surface area contributed by atoms with Gasteiger partial charge in [-0.25, -0.2) is 4.39 Å². The first kappa shape index (κ1) is 11.4. The molecule has 0 aromatic heterocycles. The monoisotopic (exact) mass is 207 g/mol. The molecule has 0 atom stereocenters. The van der Waals surface area contributed by atoms with Gasteiger partial charge >= 0.3 is 0 Å². The number of hydrogen-bond donors (Lipinski definition) is 0. The van der Waals surface area contributed by atoms with Gasteiger partial charge in [-0.05, 0) is 24.6 Å². The molecule has 0 radical (unpaired) electrons. The van der Waals surface area contributed by atoms with Gasteiger partial charge in [-0.3, -0.25) is 4.79 Å². The second kappa shape index (κ2) is 4.73. The second-order valence-electron chi connectivity index (χ2n) is 3.60. The summed E-state index contributed by atoms with van der Waals surface area (Å²) in [7, 11) is 3.64. The highest BCUT2D eigenvalue weighted by atomic mass is 19.1. The molecule has 0 aliphatic carbocycles. The number of carbonyl (C=O) groups is 1. The van der Waals surface area contributed by atoms with Crippen LogP contribution in [0.1, 0.15) is 15.9 Å². The van der Waals surface area contributed by atoms with Gasteiger partial charge in [-0.15, -0.1) is 0 Å². The number of benzene rings is 1. The van der Waals surface area contributed by atoms with Crippen LogP contribution in [0, 0.1) is 12.7 Å². The van der Waals surface area contributed by atoms with Crippen LogP contribution in [0.4, 0.5) is 4.39 Å². The molecule has 0 aliphatic heterocycles. The average Bonchev–Trinajstić information content (AvgIpc) is 2.18. The summed E-state index contributed by atoms with van der Waals surface area (Å²) in [5.74, 6) is -0.567. The molecule has 1 rings (SSSR count). The summed E-state index contributed by atoms with van der Waals surface area (Å²) in [4.78, 5) is 13.4. The highest BCUT2D eigenvalue weighted by Crippen LogP contribution is 2.11. The molecule has 0 N–H and O–H groups in total. The summed E-state index contributed by atoms with van der Waals surface area (Å²) in [5, 5.41) is 0. The van der Waals surface area contributed by atoms with Crippen LogP contribution >= 0.6 is 0 Å². The van der Waals surface area contributed by atoms with Crippen molar-refractivity contribution in [3.05, 3.63) is 47.4 Å². The van der Waals surface area contributed by atoms with Gasteiger partial charge in [0, 0.05) is 31.9 Å². The molecule has 0 saturated heterocycles. The summed E-state index contributed by atoms with van der Waals surface area (Å²) < 4.78 is 12.9.